The Morgan fingerprint density at radius 3 is 2.62 bits per heavy atom. The summed E-state index contributed by atoms with van der Waals surface area (Å²) in [5.74, 6) is 0.838. The SMILES string of the molecule is CCc1ccc(S(=O)(=O)Nc2ccc3c(c2)CCO3)cc1. The van der Waals surface area contributed by atoms with Gasteiger partial charge < -0.3 is 4.74 Å². The van der Waals surface area contributed by atoms with E-state index in [1.54, 1.807) is 24.3 Å². The van der Waals surface area contributed by atoms with Gasteiger partial charge in [0, 0.05) is 12.1 Å². The van der Waals surface area contributed by atoms with Crippen molar-refractivity contribution in [1.29, 1.82) is 0 Å². The lowest BCUT2D eigenvalue weighted by atomic mass is 10.1. The topological polar surface area (TPSA) is 55.4 Å². The molecule has 0 aliphatic carbocycles. The van der Waals surface area contributed by atoms with Crippen molar-refractivity contribution < 1.29 is 13.2 Å². The van der Waals surface area contributed by atoms with Crippen LogP contribution in [0.2, 0.25) is 0 Å². The average molecular weight is 303 g/mol. The zero-order valence-corrected chi connectivity index (χ0v) is 12.6. The van der Waals surface area contributed by atoms with Crippen molar-refractivity contribution in [2.24, 2.45) is 0 Å². The fourth-order valence-corrected chi connectivity index (χ4v) is 3.42. The smallest absolute Gasteiger partial charge is 0.261 e. The molecule has 2 aromatic rings. The van der Waals surface area contributed by atoms with Crippen LogP contribution >= 0.6 is 0 Å². The van der Waals surface area contributed by atoms with Crippen molar-refractivity contribution in [3.63, 3.8) is 0 Å². The number of hydrogen-bond acceptors (Lipinski definition) is 3. The fourth-order valence-electron chi connectivity index (χ4n) is 2.37. The van der Waals surface area contributed by atoms with E-state index < -0.39 is 10.0 Å². The largest absolute Gasteiger partial charge is 0.493 e. The lowest BCUT2D eigenvalue weighted by Gasteiger charge is -2.09. The second-order valence-corrected chi connectivity index (χ2v) is 6.71. The van der Waals surface area contributed by atoms with Crippen LogP contribution in [0.1, 0.15) is 18.1 Å². The molecule has 21 heavy (non-hydrogen) atoms. The first-order valence-electron chi connectivity index (χ1n) is 6.96. The average Bonchev–Trinajstić information content (AvgIpc) is 2.94. The second kappa shape index (κ2) is 5.41. The molecule has 0 amide bonds. The van der Waals surface area contributed by atoms with Crippen LogP contribution in [0.15, 0.2) is 47.4 Å². The van der Waals surface area contributed by atoms with Gasteiger partial charge in [0.2, 0.25) is 0 Å². The van der Waals surface area contributed by atoms with Gasteiger partial charge in [-0.25, -0.2) is 8.42 Å². The Balaban J connectivity index is 1.85. The van der Waals surface area contributed by atoms with E-state index in [1.807, 2.05) is 25.1 Å². The van der Waals surface area contributed by atoms with Crippen molar-refractivity contribution in [3.05, 3.63) is 53.6 Å². The van der Waals surface area contributed by atoms with Gasteiger partial charge in [-0.3, -0.25) is 4.72 Å². The Hall–Kier alpha value is -2.01. The minimum Gasteiger partial charge on any atom is -0.493 e. The summed E-state index contributed by atoms with van der Waals surface area (Å²) < 4.78 is 32.8. The van der Waals surface area contributed by atoms with E-state index in [2.05, 4.69) is 4.72 Å². The number of rotatable bonds is 4. The maximum atomic E-state index is 12.4. The third kappa shape index (κ3) is 2.88. The van der Waals surface area contributed by atoms with Gasteiger partial charge in [0.25, 0.3) is 10.0 Å². The molecule has 5 heteroatoms. The minimum atomic E-state index is -3.55. The Bertz CT molecular complexity index is 752. The second-order valence-electron chi connectivity index (χ2n) is 5.02. The summed E-state index contributed by atoms with van der Waals surface area (Å²) in [6.45, 7) is 2.69. The molecular formula is C16H17NO3S. The number of benzene rings is 2. The van der Waals surface area contributed by atoms with Crippen LogP contribution in [-0.2, 0) is 22.9 Å². The van der Waals surface area contributed by atoms with Gasteiger partial charge >= 0.3 is 0 Å². The van der Waals surface area contributed by atoms with Gasteiger partial charge in [0.05, 0.1) is 11.5 Å². The van der Waals surface area contributed by atoms with Crippen LogP contribution < -0.4 is 9.46 Å². The monoisotopic (exact) mass is 303 g/mol. The fraction of sp³-hybridized carbons (Fsp3) is 0.250. The van der Waals surface area contributed by atoms with E-state index >= 15 is 0 Å². The third-order valence-corrected chi connectivity index (χ3v) is 4.98. The molecule has 3 rings (SSSR count). The molecule has 0 aromatic heterocycles. The van der Waals surface area contributed by atoms with Gasteiger partial charge in [0.1, 0.15) is 5.75 Å². The molecular weight excluding hydrogens is 286 g/mol. The van der Waals surface area contributed by atoms with Crippen LogP contribution in [0.3, 0.4) is 0 Å². The summed E-state index contributed by atoms with van der Waals surface area (Å²) in [4.78, 5) is 0.274. The van der Waals surface area contributed by atoms with Gasteiger partial charge in [-0.05, 0) is 47.9 Å². The number of hydrogen-bond donors (Lipinski definition) is 1. The van der Waals surface area contributed by atoms with Gasteiger partial charge in [-0.1, -0.05) is 19.1 Å². The highest BCUT2D eigenvalue weighted by atomic mass is 32.2. The molecule has 0 bridgehead atoms. The molecule has 0 spiro atoms. The zero-order chi connectivity index (χ0) is 14.9. The van der Waals surface area contributed by atoms with E-state index in [4.69, 9.17) is 4.74 Å². The van der Waals surface area contributed by atoms with Crippen molar-refractivity contribution in [3.8, 4) is 5.75 Å². The summed E-state index contributed by atoms with van der Waals surface area (Å²) in [5, 5.41) is 0. The molecule has 2 aromatic carbocycles. The standard InChI is InChI=1S/C16H17NO3S/c1-2-12-3-6-15(7-4-12)21(18,19)17-14-5-8-16-13(11-14)9-10-20-16/h3-8,11,17H,2,9-10H2,1H3. The molecule has 1 aliphatic rings. The van der Waals surface area contributed by atoms with Crippen molar-refractivity contribution in [2.45, 2.75) is 24.7 Å². The molecule has 1 N–H and O–H groups in total. The first-order valence-corrected chi connectivity index (χ1v) is 8.44. The van der Waals surface area contributed by atoms with Crippen molar-refractivity contribution in [1.82, 2.24) is 0 Å². The summed E-state index contributed by atoms with van der Waals surface area (Å²) in [6.07, 6.45) is 1.70. The molecule has 0 atom stereocenters. The maximum Gasteiger partial charge on any atom is 0.261 e. The van der Waals surface area contributed by atoms with Crippen LogP contribution in [0.4, 0.5) is 5.69 Å². The Morgan fingerprint density at radius 2 is 1.90 bits per heavy atom. The first-order chi connectivity index (χ1) is 10.1. The molecule has 0 saturated heterocycles. The molecule has 1 aliphatic heterocycles. The Kier molecular flexibility index (Phi) is 3.59. The number of anilines is 1. The summed E-state index contributed by atoms with van der Waals surface area (Å²) in [5.41, 5.74) is 2.72. The number of nitrogens with one attached hydrogen (secondary N) is 1. The molecule has 0 fully saturated rings. The summed E-state index contributed by atoms with van der Waals surface area (Å²) >= 11 is 0. The summed E-state index contributed by atoms with van der Waals surface area (Å²) in [6, 6.07) is 12.3. The van der Waals surface area contributed by atoms with E-state index in [1.165, 1.54) is 0 Å². The number of ether oxygens (including phenoxy) is 1. The lowest BCUT2D eigenvalue weighted by molar-refractivity contribution is 0.357. The van der Waals surface area contributed by atoms with Crippen molar-refractivity contribution in [2.75, 3.05) is 11.3 Å². The van der Waals surface area contributed by atoms with Gasteiger partial charge in [-0.2, -0.15) is 0 Å². The number of aryl methyl sites for hydroxylation is 1. The molecule has 0 unspecified atom stereocenters. The molecule has 0 radical (unpaired) electrons. The molecule has 4 nitrogen and oxygen atoms in total. The minimum absolute atomic E-state index is 0.274. The highest BCUT2D eigenvalue weighted by Gasteiger charge is 2.17. The van der Waals surface area contributed by atoms with E-state index in [0.717, 1.165) is 29.7 Å². The predicted octanol–water partition coefficient (Wildman–Crippen LogP) is 2.98. The Labute approximate surface area is 124 Å². The van der Waals surface area contributed by atoms with Gasteiger partial charge in [0.15, 0.2) is 0 Å². The van der Waals surface area contributed by atoms with Crippen LogP contribution in [-0.4, -0.2) is 15.0 Å². The third-order valence-electron chi connectivity index (χ3n) is 3.58. The van der Waals surface area contributed by atoms with Crippen LogP contribution in [0.25, 0.3) is 0 Å². The lowest BCUT2D eigenvalue weighted by Crippen LogP contribution is -2.13. The Morgan fingerprint density at radius 1 is 1.14 bits per heavy atom. The number of sulfonamides is 1. The van der Waals surface area contributed by atoms with Crippen LogP contribution in [0.5, 0.6) is 5.75 Å². The predicted molar refractivity (Wildman–Crippen MR) is 82.3 cm³/mol. The summed E-state index contributed by atoms with van der Waals surface area (Å²) in [7, 11) is -3.55. The molecule has 110 valence electrons. The number of fused-ring (bicyclic) bond motifs is 1. The van der Waals surface area contributed by atoms with E-state index in [-0.39, 0.29) is 4.90 Å². The normalized spacial score (nSPS) is 13.6. The highest BCUT2D eigenvalue weighted by molar-refractivity contribution is 7.92. The quantitative estimate of drug-likeness (QED) is 0.944. The van der Waals surface area contributed by atoms with E-state index in [9.17, 15) is 8.42 Å². The van der Waals surface area contributed by atoms with Crippen molar-refractivity contribution >= 4 is 15.7 Å². The first kappa shape index (κ1) is 13.9. The zero-order valence-electron chi connectivity index (χ0n) is 11.8. The molecule has 0 saturated carbocycles. The molecule has 1 heterocycles. The van der Waals surface area contributed by atoms with E-state index in [0.29, 0.717) is 12.3 Å². The highest BCUT2D eigenvalue weighted by Crippen LogP contribution is 2.28. The van der Waals surface area contributed by atoms with Crippen LogP contribution in [0, 0.1) is 0 Å². The maximum absolute atomic E-state index is 12.4. The van der Waals surface area contributed by atoms with Gasteiger partial charge in [-0.15, -0.1) is 0 Å².